The van der Waals surface area contributed by atoms with Crippen molar-refractivity contribution in [2.75, 3.05) is 6.61 Å². The third kappa shape index (κ3) is 5.45. The van der Waals surface area contributed by atoms with E-state index in [-0.39, 0.29) is 11.0 Å². The molecule has 158 valence electrons. The van der Waals surface area contributed by atoms with Gasteiger partial charge in [-0.25, -0.2) is 13.6 Å². The summed E-state index contributed by atoms with van der Waals surface area (Å²) < 4.78 is 30.3. The monoisotopic (exact) mass is 431 g/mol. The van der Waals surface area contributed by atoms with E-state index in [4.69, 9.17) is 9.56 Å². The van der Waals surface area contributed by atoms with Crippen molar-refractivity contribution in [1.29, 1.82) is 0 Å². The van der Waals surface area contributed by atoms with Crippen molar-refractivity contribution < 1.29 is 12.8 Å². The maximum atomic E-state index is 11.7. The van der Waals surface area contributed by atoms with Gasteiger partial charge in [-0.15, -0.1) is 6.58 Å². The Kier molecular flexibility index (Phi) is 7.62. The lowest BCUT2D eigenvalue weighted by Gasteiger charge is -2.43. The van der Waals surface area contributed by atoms with E-state index in [1.807, 2.05) is 36.4 Å². The van der Waals surface area contributed by atoms with E-state index in [2.05, 4.69) is 51.6 Å². The van der Waals surface area contributed by atoms with Crippen molar-refractivity contribution in [2.45, 2.75) is 44.4 Å². The SMILES string of the molecule is C=C[C@@H](CO[Si](c1ccccc1)(c1ccccc1)C(C)(C)C)C[C@H](C)S(N)(=O)=O. The zero-order valence-corrected chi connectivity index (χ0v) is 19.7. The third-order valence-corrected chi connectivity index (χ3v) is 11.8. The second-order valence-corrected chi connectivity index (χ2v) is 14.9. The number of hydrogen-bond acceptors (Lipinski definition) is 3. The average Bonchev–Trinajstić information content (AvgIpc) is 2.67. The van der Waals surface area contributed by atoms with E-state index >= 15 is 0 Å². The summed E-state index contributed by atoms with van der Waals surface area (Å²) in [4.78, 5) is 0. The van der Waals surface area contributed by atoms with Gasteiger partial charge in [-0.05, 0) is 34.7 Å². The molecule has 0 aliphatic heterocycles. The molecule has 2 rings (SSSR count). The van der Waals surface area contributed by atoms with E-state index in [0.717, 1.165) is 0 Å². The maximum absolute atomic E-state index is 11.7. The molecule has 4 nitrogen and oxygen atoms in total. The average molecular weight is 432 g/mol. The highest BCUT2D eigenvalue weighted by Gasteiger charge is 2.50. The van der Waals surface area contributed by atoms with E-state index < -0.39 is 23.6 Å². The van der Waals surface area contributed by atoms with Crippen LogP contribution in [0.3, 0.4) is 0 Å². The van der Waals surface area contributed by atoms with Crippen LogP contribution in [0.25, 0.3) is 0 Å². The first-order valence-corrected chi connectivity index (χ1v) is 13.4. The summed E-state index contributed by atoms with van der Waals surface area (Å²) in [6.45, 7) is 12.6. The summed E-state index contributed by atoms with van der Waals surface area (Å²) in [6.07, 6.45) is 2.17. The van der Waals surface area contributed by atoms with Gasteiger partial charge < -0.3 is 4.43 Å². The van der Waals surface area contributed by atoms with Crippen molar-refractivity contribution in [3.8, 4) is 0 Å². The van der Waals surface area contributed by atoms with Gasteiger partial charge in [0.2, 0.25) is 10.0 Å². The third-order valence-electron chi connectivity index (χ3n) is 5.46. The van der Waals surface area contributed by atoms with Crippen LogP contribution in [0.2, 0.25) is 5.04 Å². The molecule has 0 spiro atoms. The van der Waals surface area contributed by atoms with Crippen molar-refractivity contribution >= 4 is 28.7 Å². The van der Waals surface area contributed by atoms with Gasteiger partial charge in [-0.2, -0.15) is 0 Å². The van der Waals surface area contributed by atoms with Crippen molar-refractivity contribution in [2.24, 2.45) is 11.1 Å². The van der Waals surface area contributed by atoms with Crippen LogP contribution in [0.5, 0.6) is 0 Å². The summed E-state index contributed by atoms with van der Waals surface area (Å²) >= 11 is 0. The summed E-state index contributed by atoms with van der Waals surface area (Å²) in [5.74, 6) is -0.107. The summed E-state index contributed by atoms with van der Waals surface area (Å²) in [7, 11) is -6.24. The standard InChI is InChI=1S/C23H33NO3SSi/c1-6-20(17-19(2)28(24,25)26)18-27-29(23(3,4)5,21-13-9-7-10-14-21)22-15-11-8-12-16-22/h6-16,19-20H,1,17-18H2,2-5H3,(H2,24,25,26)/t19-,20+/m0/s1. The Morgan fingerprint density at radius 3 is 1.83 bits per heavy atom. The highest BCUT2D eigenvalue weighted by atomic mass is 32.2. The minimum Gasteiger partial charge on any atom is -0.407 e. The molecule has 0 aliphatic carbocycles. The van der Waals surface area contributed by atoms with Crippen LogP contribution in [-0.2, 0) is 14.4 Å². The topological polar surface area (TPSA) is 69.4 Å². The summed E-state index contributed by atoms with van der Waals surface area (Å²) in [6, 6.07) is 20.8. The molecule has 2 atom stereocenters. The van der Waals surface area contributed by atoms with Gasteiger partial charge in [0.25, 0.3) is 8.32 Å². The maximum Gasteiger partial charge on any atom is 0.261 e. The lowest BCUT2D eigenvalue weighted by Crippen LogP contribution is -2.66. The first-order chi connectivity index (χ1) is 13.5. The van der Waals surface area contributed by atoms with Gasteiger partial charge in [-0.1, -0.05) is 87.5 Å². The first kappa shape index (κ1) is 23.5. The molecule has 2 aromatic carbocycles. The number of rotatable bonds is 9. The molecule has 0 saturated carbocycles. The van der Waals surface area contributed by atoms with Crippen LogP contribution in [0, 0.1) is 5.92 Å². The fraction of sp³-hybridized carbons (Fsp3) is 0.391. The summed E-state index contributed by atoms with van der Waals surface area (Å²) in [5.41, 5.74) is 0. The van der Waals surface area contributed by atoms with Crippen LogP contribution >= 0.6 is 0 Å². The smallest absolute Gasteiger partial charge is 0.261 e. The fourth-order valence-electron chi connectivity index (χ4n) is 3.79. The van der Waals surface area contributed by atoms with E-state index in [1.54, 1.807) is 13.0 Å². The number of benzene rings is 2. The molecule has 0 heterocycles. The van der Waals surface area contributed by atoms with E-state index in [1.165, 1.54) is 10.4 Å². The number of sulfonamides is 1. The van der Waals surface area contributed by atoms with Crippen LogP contribution < -0.4 is 15.5 Å². The number of hydrogen-bond donors (Lipinski definition) is 1. The van der Waals surface area contributed by atoms with Crippen molar-refractivity contribution in [3.63, 3.8) is 0 Å². The second-order valence-electron chi connectivity index (χ2n) is 8.61. The molecule has 2 N–H and O–H groups in total. The van der Waals surface area contributed by atoms with Crippen LogP contribution in [0.1, 0.15) is 34.1 Å². The van der Waals surface area contributed by atoms with Crippen molar-refractivity contribution in [3.05, 3.63) is 73.3 Å². The molecule has 0 bridgehead atoms. The molecule has 6 heteroatoms. The normalized spacial score (nSPS) is 14.9. The van der Waals surface area contributed by atoms with Gasteiger partial charge in [0.15, 0.2) is 0 Å². The Morgan fingerprint density at radius 1 is 1.03 bits per heavy atom. The van der Waals surface area contributed by atoms with E-state index in [0.29, 0.717) is 13.0 Å². The minimum atomic E-state index is -3.59. The Balaban J connectivity index is 2.47. The molecule has 0 aliphatic rings. The minimum absolute atomic E-state index is 0.107. The molecule has 0 fully saturated rings. The molecule has 0 aromatic heterocycles. The highest BCUT2D eigenvalue weighted by molar-refractivity contribution is 7.89. The zero-order valence-electron chi connectivity index (χ0n) is 17.8. The molecule has 29 heavy (non-hydrogen) atoms. The highest BCUT2D eigenvalue weighted by Crippen LogP contribution is 2.37. The van der Waals surface area contributed by atoms with Crippen LogP contribution in [-0.4, -0.2) is 28.6 Å². The number of nitrogens with two attached hydrogens (primary N) is 1. The van der Waals surface area contributed by atoms with Gasteiger partial charge in [0.1, 0.15) is 0 Å². The first-order valence-electron chi connectivity index (χ1n) is 9.91. The molecule has 0 amide bonds. The Morgan fingerprint density at radius 2 is 1.48 bits per heavy atom. The fourth-order valence-corrected chi connectivity index (χ4v) is 8.92. The number of primary sulfonamides is 1. The molecule has 0 unspecified atom stereocenters. The summed E-state index contributed by atoms with van der Waals surface area (Å²) in [5, 5.41) is 6.93. The predicted octanol–water partition coefficient (Wildman–Crippen LogP) is 3.43. The van der Waals surface area contributed by atoms with Crippen LogP contribution in [0.4, 0.5) is 0 Å². The largest absolute Gasteiger partial charge is 0.407 e. The zero-order chi connectivity index (χ0) is 21.7. The molecular formula is C23H33NO3SSi. The molecule has 0 saturated heterocycles. The Bertz CT molecular complexity index is 853. The van der Waals surface area contributed by atoms with E-state index in [9.17, 15) is 8.42 Å². The molecule has 2 aromatic rings. The molecular weight excluding hydrogens is 398 g/mol. The van der Waals surface area contributed by atoms with Gasteiger partial charge in [0, 0.05) is 6.61 Å². The quantitative estimate of drug-likeness (QED) is 0.488. The second kappa shape index (κ2) is 9.39. The Hall–Kier alpha value is -1.73. The molecule has 0 radical (unpaired) electrons. The van der Waals surface area contributed by atoms with Gasteiger partial charge >= 0.3 is 0 Å². The predicted molar refractivity (Wildman–Crippen MR) is 124 cm³/mol. The van der Waals surface area contributed by atoms with Gasteiger partial charge in [-0.3, -0.25) is 0 Å². The Labute approximate surface area is 177 Å². The van der Waals surface area contributed by atoms with Gasteiger partial charge in [0.05, 0.1) is 5.25 Å². The van der Waals surface area contributed by atoms with Crippen LogP contribution in [0.15, 0.2) is 73.3 Å². The lowest BCUT2D eigenvalue weighted by molar-refractivity contribution is 0.253. The lowest BCUT2D eigenvalue weighted by atomic mass is 10.1. The van der Waals surface area contributed by atoms with Crippen molar-refractivity contribution in [1.82, 2.24) is 0 Å².